The number of carbonyl (C=O) groups excluding carboxylic acids is 1. The average molecular weight is 372 g/mol. The monoisotopic (exact) mass is 371 g/mol. The summed E-state index contributed by atoms with van der Waals surface area (Å²) in [4.78, 5) is 12.3. The van der Waals surface area contributed by atoms with Crippen molar-refractivity contribution in [1.82, 2.24) is 0 Å². The summed E-state index contributed by atoms with van der Waals surface area (Å²) in [5, 5.41) is 9.60. The maximum absolute atomic E-state index is 12.3. The summed E-state index contributed by atoms with van der Waals surface area (Å²) in [5.74, 6) is -1.71. The molecule has 23 heavy (non-hydrogen) atoms. The van der Waals surface area contributed by atoms with Crippen LogP contribution in [0.3, 0.4) is 0 Å². The van der Waals surface area contributed by atoms with Crippen molar-refractivity contribution in [1.29, 1.82) is 5.26 Å². The molecule has 2 aromatic carbocycles. The highest BCUT2D eigenvalue weighted by Crippen LogP contribution is 2.35. The van der Waals surface area contributed by atoms with Crippen LogP contribution in [0, 0.1) is 24.2 Å². The van der Waals surface area contributed by atoms with E-state index in [9.17, 15) is 10.1 Å². The van der Waals surface area contributed by atoms with Gasteiger partial charge in [0, 0.05) is 10.4 Å². The van der Waals surface area contributed by atoms with E-state index in [0.717, 1.165) is 21.2 Å². The van der Waals surface area contributed by atoms with Gasteiger partial charge in [0.2, 0.25) is 0 Å². The van der Waals surface area contributed by atoms with Crippen molar-refractivity contribution in [3.05, 3.63) is 69.7 Å². The lowest BCUT2D eigenvalue weighted by atomic mass is 9.79. The number of nitrogens with zero attached hydrogens (tertiary/aromatic N) is 1. The van der Waals surface area contributed by atoms with Gasteiger partial charge in [-0.2, -0.15) is 5.26 Å². The highest BCUT2D eigenvalue weighted by Gasteiger charge is 2.33. The molecule has 2 atom stereocenters. The topological polar surface area (TPSA) is 50.1 Å². The molecule has 0 fully saturated rings. The SMILES string of the molecule is CCOC(=O)C(C#N)C(c1ccc(Br)cc1)c1ccccc1C. The smallest absolute Gasteiger partial charge is 0.324 e. The van der Waals surface area contributed by atoms with Crippen LogP contribution in [0.25, 0.3) is 0 Å². The number of aryl methyl sites for hydroxylation is 1. The zero-order valence-electron chi connectivity index (χ0n) is 13.1. The molecule has 0 saturated carbocycles. The number of nitriles is 1. The second kappa shape index (κ2) is 7.94. The number of halogens is 1. The molecule has 0 aliphatic heterocycles. The molecule has 0 radical (unpaired) electrons. The highest BCUT2D eigenvalue weighted by molar-refractivity contribution is 9.10. The number of benzene rings is 2. The van der Waals surface area contributed by atoms with E-state index in [4.69, 9.17) is 4.74 Å². The molecular formula is C19H18BrNO2. The van der Waals surface area contributed by atoms with E-state index in [1.807, 2.05) is 55.5 Å². The second-order valence-electron chi connectivity index (χ2n) is 5.24. The van der Waals surface area contributed by atoms with Gasteiger partial charge >= 0.3 is 5.97 Å². The van der Waals surface area contributed by atoms with Gasteiger partial charge in [-0.15, -0.1) is 0 Å². The first-order chi connectivity index (χ1) is 11.1. The van der Waals surface area contributed by atoms with E-state index >= 15 is 0 Å². The number of rotatable bonds is 5. The van der Waals surface area contributed by atoms with Crippen molar-refractivity contribution >= 4 is 21.9 Å². The number of hydrogen-bond acceptors (Lipinski definition) is 3. The fourth-order valence-corrected chi connectivity index (χ4v) is 2.92. The van der Waals surface area contributed by atoms with Crippen LogP contribution in [-0.2, 0) is 9.53 Å². The predicted molar refractivity (Wildman–Crippen MR) is 92.9 cm³/mol. The molecule has 0 N–H and O–H groups in total. The van der Waals surface area contributed by atoms with Crippen LogP contribution in [0.4, 0.5) is 0 Å². The Hall–Kier alpha value is -2.12. The van der Waals surface area contributed by atoms with Gasteiger partial charge in [0.15, 0.2) is 5.92 Å². The first kappa shape index (κ1) is 17.2. The zero-order chi connectivity index (χ0) is 16.8. The number of hydrogen-bond donors (Lipinski definition) is 0. The van der Waals surface area contributed by atoms with Crippen LogP contribution in [-0.4, -0.2) is 12.6 Å². The van der Waals surface area contributed by atoms with Crippen LogP contribution in [0.2, 0.25) is 0 Å². The first-order valence-corrected chi connectivity index (χ1v) is 8.25. The molecule has 0 amide bonds. The Balaban J connectivity index is 2.55. The van der Waals surface area contributed by atoms with Gasteiger partial charge in [-0.3, -0.25) is 4.79 Å². The second-order valence-corrected chi connectivity index (χ2v) is 6.16. The minimum atomic E-state index is -0.878. The van der Waals surface area contributed by atoms with E-state index in [0.29, 0.717) is 0 Å². The Kier molecular flexibility index (Phi) is 5.95. The maximum Gasteiger partial charge on any atom is 0.324 e. The number of ether oxygens (including phenoxy) is 1. The third kappa shape index (κ3) is 4.00. The lowest BCUT2D eigenvalue weighted by Crippen LogP contribution is -2.24. The molecule has 0 bridgehead atoms. The van der Waals surface area contributed by atoms with Crippen LogP contribution in [0.15, 0.2) is 53.0 Å². The van der Waals surface area contributed by atoms with Crippen molar-refractivity contribution < 1.29 is 9.53 Å². The van der Waals surface area contributed by atoms with Crippen LogP contribution >= 0.6 is 15.9 Å². The lowest BCUT2D eigenvalue weighted by Gasteiger charge is -2.23. The Morgan fingerprint density at radius 3 is 2.43 bits per heavy atom. The fraction of sp³-hybridized carbons (Fsp3) is 0.263. The summed E-state index contributed by atoms with van der Waals surface area (Å²) in [6.45, 7) is 3.99. The summed E-state index contributed by atoms with van der Waals surface area (Å²) in [7, 11) is 0. The molecule has 2 unspecified atom stereocenters. The van der Waals surface area contributed by atoms with Gasteiger partial charge < -0.3 is 4.74 Å². The molecule has 0 saturated heterocycles. The normalized spacial score (nSPS) is 13.0. The number of carbonyl (C=O) groups is 1. The molecule has 4 heteroatoms. The van der Waals surface area contributed by atoms with Gasteiger partial charge in [0.25, 0.3) is 0 Å². The largest absolute Gasteiger partial charge is 0.465 e. The summed E-state index contributed by atoms with van der Waals surface area (Å²) in [5.41, 5.74) is 2.93. The van der Waals surface area contributed by atoms with Gasteiger partial charge in [-0.05, 0) is 42.7 Å². The molecule has 2 rings (SSSR count). The molecule has 3 nitrogen and oxygen atoms in total. The first-order valence-electron chi connectivity index (χ1n) is 7.45. The summed E-state index contributed by atoms with van der Waals surface area (Å²) in [6.07, 6.45) is 0. The van der Waals surface area contributed by atoms with Crippen LogP contribution in [0.1, 0.15) is 29.5 Å². The molecular weight excluding hydrogens is 354 g/mol. The van der Waals surface area contributed by atoms with Crippen LogP contribution in [0.5, 0.6) is 0 Å². The Bertz CT molecular complexity index is 719. The molecule has 0 heterocycles. The van der Waals surface area contributed by atoms with E-state index in [-0.39, 0.29) is 12.5 Å². The summed E-state index contributed by atoms with van der Waals surface area (Å²) >= 11 is 3.42. The van der Waals surface area contributed by atoms with Crippen molar-refractivity contribution in [2.24, 2.45) is 5.92 Å². The van der Waals surface area contributed by atoms with Gasteiger partial charge in [-0.25, -0.2) is 0 Å². The zero-order valence-corrected chi connectivity index (χ0v) is 14.7. The molecule has 0 spiro atoms. The fourth-order valence-electron chi connectivity index (χ4n) is 2.65. The molecule has 2 aromatic rings. The Labute approximate surface area is 145 Å². The summed E-state index contributed by atoms with van der Waals surface area (Å²) in [6, 6.07) is 17.7. The quantitative estimate of drug-likeness (QED) is 0.722. The Morgan fingerprint density at radius 2 is 1.87 bits per heavy atom. The third-order valence-corrected chi connectivity index (χ3v) is 4.29. The van der Waals surface area contributed by atoms with Crippen molar-refractivity contribution in [3.8, 4) is 6.07 Å². The van der Waals surface area contributed by atoms with E-state index in [2.05, 4.69) is 22.0 Å². The van der Waals surface area contributed by atoms with Gasteiger partial charge in [-0.1, -0.05) is 52.3 Å². The standard InChI is InChI=1S/C19H18BrNO2/c1-3-23-19(22)17(12-21)18(14-8-10-15(20)11-9-14)16-7-5-4-6-13(16)2/h4-11,17-18H,3H2,1-2H3. The molecule has 0 aliphatic rings. The molecule has 0 aromatic heterocycles. The van der Waals surface area contributed by atoms with E-state index < -0.39 is 11.9 Å². The minimum Gasteiger partial charge on any atom is -0.465 e. The minimum absolute atomic E-state index is 0.262. The third-order valence-electron chi connectivity index (χ3n) is 3.77. The van der Waals surface area contributed by atoms with Crippen LogP contribution < -0.4 is 0 Å². The Morgan fingerprint density at radius 1 is 1.22 bits per heavy atom. The van der Waals surface area contributed by atoms with Crippen molar-refractivity contribution in [2.45, 2.75) is 19.8 Å². The van der Waals surface area contributed by atoms with E-state index in [1.54, 1.807) is 6.92 Å². The molecule has 0 aliphatic carbocycles. The average Bonchev–Trinajstić information content (AvgIpc) is 2.55. The predicted octanol–water partition coefficient (Wildman–Crippen LogP) is 4.59. The maximum atomic E-state index is 12.3. The molecule has 118 valence electrons. The summed E-state index contributed by atoms with van der Waals surface area (Å²) < 4.78 is 6.06. The van der Waals surface area contributed by atoms with Gasteiger partial charge in [0.1, 0.15) is 0 Å². The lowest BCUT2D eigenvalue weighted by molar-refractivity contribution is -0.146. The van der Waals surface area contributed by atoms with Crippen molar-refractivity contribution in [2.75, 3.05) is 6.61 Å². The van der Waals surface area contributed by atoms with Crippen molar-refractivity contribution in [3.63, 3.8) is 0 Å². The number of esters is 1. The van der Waals surface area contributed by atoms with E-state index in [1.165, 1.54) is 0 Å². The highest BCUT2D eigenvalue weighted by atomic mass is 79.9. The van der Waals surface area contributed by atoms with Gasteiger partial charge in [0.05, 0.1) is 12.7 Å².